The van der Waals surface area contributed by atoms with Crippen molar-refractivity contribution in [1.29, 1.82) is 0 Å². The second kappa shape index (κ2) is 7.49. The second-order valence-corrected chi connectivity index (χ2v) is 5.15. The smallest absolute Gasteiger partial charge is 0.0230 e. The van der Waals surface area contributed by atoms with Crippen molar-refractivity contribution in [2.24, 2.45) is 0 Å². The molecular formula is C20H22. The summed E-state index contributed by atoms with van der Waals surface area (Å²) in [5.41, 5.74) is 4.98. The molecule has 0 radical (unpaired) electrons. The molecule has 2 aromatic rings. The van der Waals surface area contributed by atoms with Crippen molar-refractivity contribution in [2.75, 3.05) is 0 Å². The number of unbranched alkanes of at least 4 members (excludes halogenated alkanes) is 1. The van der Waals surface area contributed by atoms with Gasteiger partial charge in [-0.3, -0.25) is 0 Å². The van der Waals surface area contributed by atoms with E-state index in [-0.39, 0.29) is 0 Å². The molecule has 0 heteroatoms. The molecule has 0 aromatic heterocycles. The Morgan fingerprint density at radius 1 is 0.600 bits per heavy atom. The first-order chi connectivity index (χ1) is 9.77. The third-order valence-electron chi connectivity index (χ3n) is 3.57. The molecule has 0 nitrogen and oxygen atoms in total. The Labute approximate surface area is 122 Å². The van der Waals surface area contributed by atoms with Crippen molar-refractivity contribution in [3.63, 3.8) is 0 Å². The predicted molar refractivity (Wildman–Crippen MR) is 89.4 cm³/mol. The van der Waals surface area contributed by atoms with Gasteiger partial charge in [-0.1, -0.05) is 73.8 Å². The normalized spacial score (nSPS) is 10.2. The summed E-state index contributed by atoms with van der Waals surface area (Å²) >= 11 is 0. The largest absolute Gasteiger partial charge is 0.0952 e. The molecule has 102 valence electrons. The number of hydrogen-bond acceptors (Lipinski definition) is 0. The van der Waals surface area contributed by atoms with E-state index in [1.807, 2.05) is 12.1 Å². The van der Waals surface area contributed by atoms with Gasteiger partial charge in [-0.05, 0) is 48.0 Å². The Morgan fingerprint density at radius 2 is 0.950 bits per heavy atom. The number of hydrogen-bond donors (Lipinski definition) is 0. The fourth-order valence-corrected chi connectivity index (χ4v) is 2.31. The van der Waals surface area contributed by atoms with E-state index in [1.165, 1.54) is 35.1 Å². The lowest BCUT2D eigenvalue weighted by Gasteiger charge is -2.08. The van der Waals surface area contributed by atoms with E-state index in [0.717, 1.165) is 12.8 Å². The van der Waals surface area contributed by atoms with Gasteiger partial charge in [0.15, 0.2) is 0 Å². The van der Waals surface area contributed by atoms with Crippen LogP contribution in [0.3, 0.4) is 0 Å². The first-order valence-electron chi connectivity index (χ1n) is 7.24. The summed E-state index contributed by atoms with van der Waals surface area (Å²) in [5, 5.41) is 0. The molecule has 20 heavy (non-hydrogen) atoms. The predicted octanol–water partition coefficient (Wildman–Crippen LogP) is 5.97. The Bertz CT molecular complexity index is 496. The van der Waals surface area contributed by atoms with Crippen LogP contribution in [0.2, 0.25) is 0 Å². The molecule has 0 saturated heterocycles. The van der Waals surface area contributed by atoms with Crippen LogP contribution < -0.4 is 0 Å². The summed E-state index contributed by atoms with van der Waals surface area (Å²) < 4.78 is 0. The highest BCUT2D eigenvalue weighted by atomic mass is 14.1. The molecule has 0 bridgehead atoms. The monoisotopic (exact) mass is 262 g/mol. The van der Waals surface area contributed by atoms with Crippen molar-refractivity contribution in [3.8, 4) is 0 Å². The van der Waals surface area contributed by atoms with E-state index in [1.54, 1.807) is 0 Å². The van der Waals surface area contributed by atoms with Crippen LogP contribution in [0.4, 0.5) is 0 Å². The molecule has 0 heterocycles. The summed E-state index contributed by atoms with van der Waals surface area (Å²) in [6.07, 6.45) is 4.46. The number of allylic oxidation sites excluding steroid dienone is 2. The van der Waals surface area contributed by atoms with Gasteiger partial charge in [0.2, 0.25) is 0 Å². The maximum atomic E-state index is 4.18. The van der Waals surface area contributed by atoms with E-state index >= 15 is 0 Å². The SMILES string of the molecule is C=C(CCCCC(=C)c1ccccc1)c1ccccc1. The molecule has 0 aliphatic heterocycles. The first kappa shape index (κ1) is 14.3. The molecule has 2 aromatic carbocycles. The Balaban J connectivity index is 1.72. The number of benzene rings is 2. The second-order valence-electron chi connectivity index (χ2n) is 5.15. The maximum absolute atomic E-state index is 4.18. The van der Waals surface area contributed by atoms with Crippen molar-refractivity contribution >= 4 is 11.1 Å². The Morgan fingerprint density at radius 3 is 1.30 bits per heavy atom. The third kappa shape index (κ3) is 4.24. The van der Waals surface area contributed by atoms with E-state index in [2.05, 4.69) is 61.7 Å². The Hall–Kier alpha value is -2.08. The van der Waals surface area contributed by atoms with Gasteiger partial charge < -0.3 is 0 Å². The average Bonchev–Trinajstić information content (AvgIpc) is 2.53. The fourth-order valence-electron chi connectivity index (χ4n) is 2.31. The lowest BCUT2D eigenvalue weighted by molar-refractivity contribution is 0.778. The van der Waals surface area contributed by atoms with Crippen LogP contribution in [0.1, 0.15) is 36.8 Å². The molecule has 0 N–H and O–H groups in total. The first-order valence-corrected chi connectivity index (χ1v) is 7.24. The van der Waals surface area contributed by atoms with E-state index in [4.69, 9.17) is 0 Å². The molecule has 0 unspecified atom stereocenters. The zero-order valence-corrected chi connectivity index (χ0v) is 12.0. The van der Waals surface area contributed by atoms with Gasteiger partial charge in [0.05, 0.1) is 0 Å². The van der Waals surface area contributed by atoms with Crippen LogP contribution in [0.5, 0.6) is 0 Å². The minimum atomic E-state index is 1.06. The fraction of sp³-hybridized carbons (Fsp3) is 0.200. The van der Waals surface area contributed by atoms with Gasteiger partial charge in [-0.2, -0.15) is 0 Å². The lowest BCUT2D eigenvalue weighted by Crippen LogP contribution is -1.86. The zero-order valence-electron chi connectivity index (χ0n) is 12.0. The van der Waals surface area contributed by atoms with Crippen molar-refractivity contribution in [2.45, 2.75) is 25.7 Å². The highest BCUT2D eigenvalue weighted by molar-refractivity contribution is 5.64. The standard InChI is InChI=1S/C20H22/c1-17(19-13-5-3-6-14-19)11-9-10-12-18(2)20-15-7-4-8-16-20/h3-8,13-16H,1-2,9-12H2. The quantitative estimate of drug-likeness (QED) is 0.539. The minimum absolute atomic E-state index is 1.06. The van der Waals surface area contributed by atoms with Crippen LogP contribution in [-0.4, -0.2) is 0 Å². The highest BCUT2D eigenvalue weighted by Gasteiger charge is 2.00. The highest BCUT2D eigenvalue weighted by Crippen LogP contribution is 2.22. The van der Waals surface area contributed by atoms with Crippen molar-refractivity contribution in [1.82, 2.24) is 0 Å². The lowest BCUT2D eigenvalue weighted by atomic mass is 9.98. The van der Waals surface area contributed by atoms with E-state index in [9.17, 15) is 0 Å². The summed E-state index contributed by atoms with van der Waals surface area (Å²) in [7, 11) is 0. The van der Waals surface area contributed by atoms with Gasteiger partial charge in [0.1, 0.15) is 0 Å². The topological polar surface area (TPSA) is 0 Å². The van der Waals surface area contributed by atoms with E-state index < -0.39 is 0 Å². The average molecular weight is 262 g/mol. The molecule has 0 spiro atoms. The van der Waals surface area contributed by atoms with Gasteiger partial charge in [-0.15, -0.1) is 0 Å². The minimum Gasteiger partial charge on any atom is -0.0952 e. The third-order valence-corrected chi connectivity index (χ3v) is 3.57. The van der Waals surface area contributed by atoms with E-state index in [0.29, 0.717) is 0 Å². The Kier molecular flexibility index (Phi) is 5.37. The van der Waals surface area contributed by atoms with Gasteiger partial charge in [-0.25, -0.2) is 0 Å². The van der Waals surface area contributed by atoms with Crippen LogP contribution in [-0.2, 0) is 0 Å². The van der Waals surface area contributed by atoms with Crippen LogP contribution in [0.25, 0.3) is 11.1 Å². The van der Waals surface area contributed by atoms with Crippen molar-refractivity contribution in [3.05, 3.63) is 84.9 Å². The summed E-state index contributed by atoms with van der Waals surface area (Å²) in [6.45, 7) is 8.35. The van der Waals surface area contributed by atoms with Crippen molar-refractivity contribution < 1.29 is 0 Å². The van der Waals surface area contributed by atoms with Crippen LogP contribution in [0.15, 0.2) is 73.8 Å². The summed E-state index contributed by atoms with van der Waals surface area (Å²) in [6, 6.07) is 20.9. The number of rotatable bonds is 7. The molecule has 2 rings (SSSR count). The molecule has 0 fully saturated rings. The summed E-state index contributed by atoms with van der Waals surface area (Å²) in [5.74, 6) is 0. The molecule has 0 aliphatic carbocycles. The molecule has 0 saturated carbocycles. The molecule has 0 amide bonds. The molecule has 0 aliphatic rings. The van der Waals surface area contributed by atoms with Gasteiger partial charge in [0, 0.05) is 0 Å². The summed E-state index contributed by atoms with van der Waals surface area (Å²) in [4.78, 5) is 0. The maximum Gasteiger partial charge on any atom is -0.0230 e. The van der Waals surface area contributed by atoms with Gasteiger partial charge >= 0.3 is 0 Å². The molecular weight excluding hydrogens is 240 g/mol. The van der Waals surface area contributed by atoms with Crippen LogP contribution in [0, 0.1) is 0 Å². The molecule has 0 atom stereocenters. The van der Waals surface area contributed by atoms with Crippen LogP contribution >= 0.6 is 0 Å². The zero-order chi connectivity index (χ0) is 14.2. The van der Waals surface area contributed by atoms with Gasteiger partial charge in [0.25, 0.3) is 0 Å².